The number of aromatic nitrogens is 3. The average molecular weight is 573 g/mol. The van der Waals surface area contributed by atoms with Crippen LogP contribution in [-0.4, -0.2) is 77.5 Å². The smallest absolute Gasteiger partial charge is 0.251 e. The molecule has 0 radical (unpaired) electrons. The molecule has 2 amide bonds. The molecule has 0 aliphatic carbocycles. The van der Waals surface area contributed by atoms with Crippen molar-refractivity contribution in [3.63, 3.8) is 0 Å². The number of nitrogens with zero attached hydrogens (tertiary/aromatic N) is 3. The first-order chi connectivity index (χ1) is 19.9. The fourth-order valence-electron chi connectivity index (χ4n) is 4.77. The number of likely N-dealkylation sites (N-methyl/N-ethyl adjacent to an activating group) is 1. The van der Waals surface area contributed by atoms with Gasteiger partial charge in [0.15, 0.2) is 0 Å². The summed E-state index contributed by atoms with van der Waals surface area (Å²) in [6.07, 6.45) is 7.50. The van der Waals surface area contributed by atoms with E-state index in [1.54, 1.807) is 36.5 Å². The van der Waals surface area contributed by atoms with Crippen LogP contribution >= 0.6 is 11.6 Å². The standard InChI is InChI=1S/C30H33ClN8O2/c1-39(2)13-5-8-27(40)35-20-11-9-19(10-12-20)29(41)36-21-14-22(16-32-15-21)37-30-34-18-25(31)28(38-30)24-17-33-26-7-4-3-6-23(24)26/h3-12,17-18,21-22,32-33H,13-16H2,1-2H3,(H,35,40)(H,36,41)(H,34,37,38)/b8-5+/t21-,22+/m1/s1. The predicted octanol–water partition coefficient (Wildman–Crippen LogP) is 3.91. The molecule has 2 aromatic heterocycles. The summed E-state index contributed by atoms with van der Waals surface area (Å²) in [4.78, 5) is 39.3. The van der Waals surface area contributed by atoms with E-state index < -0.39 is 0 Å². The third kappa shape index (κ3) is 7.29. The lowest BCUT2D eigenvalue weighted by Gasteiger charge is -2.31. The molecule has 0 saturated carbocycles. The number of amides is 2. The van der Waals surface area contributed by atoms with Crippen LogP contribution in [0.25, 0.3) is 22.2 Å². The third-order valence-electron chi connectivity index (χ3n) is 6.76. The summed E-state index contributed by atoms with van der Waals surface area (Å²) in [7, 11) is 3.87. The molecule has 1 aliphatic heterocycles. The third-order valence-corrected chi connectivity index (χ3v) is 7.04. The lowest BCUT2D eigenvalue weighted by Crippen LogP contribution is -2.52. The van der Waals surface area contributed by atoms with Crippen molar-refractivity contribution in [3.05, 3.63) is 83.7 Å². The van der Waals surface area contributed by atoms with Crippen molar-refractivity contribution >= 4 is 46.0 Å². The van der Waals surface area contributed by atoms with Crippen LogP contribution in [-0.2, 0) is 4.79 Å². The predicted molar refractivity (Wildman–Crippen MR) is 163 cm³/mol. The highest BCUT2D eigenvalue weighted by atomic mass is 35.5. The number of H-pyrrole nitrogens is 1. The number of nitrogens with one attached hydrogen (secondary N) is 5. The van der Waals surface area contributed by atoms with E-state index in [-0.39, 0.29) is 23.9 Å². The average Bonchev–Trinajstić information content (AvgIpc) is 3.38. The molecule has 5 N–H and O–H groups in total. The number of carbonyl (C=O) groups excluding carboxylic acids is 2. The van der Waals surface area contributed by atoms with Crippen LogP contribution in [0.2, 0.25) is 5.02 Å². The summed E-state index contributed by atoms with van der Waals surface area (Å²) in [5, 5.41) is 14.2. The first-order valence-corrected chi connectivity index (χ1v) is 13.8. The van der Waals surface area contributed by atoms with Crippen molar-refractivity contribution in [2.75, 3.05) is 44.4 Å². The largest absolute Gasteiger partial charge is 0.360 e. The van der Waals surface area contributed by atoms with Gasteiger partial charge in [-0.1, -0.05) is 35.9 Å². The Morgan fingerprint density at radius 3 is 2.68 bits per heavy atom. The van der Waals surface area contributed by atoms with Crippen LogP contribution < -0.4 is 21.3 Å². The van der Waals surface area contributed by atoms with E-state index in [4.69, 9.17) is 16.6 Å². The van der Waals surface area contributed by atoms with E-state index in [2.05, 4.69) is 31.2 Å². The Labute approximate surface area is 243 Å². The Hall–Kier alpha value is -4.25. The molecule has 1 aliphatic rings. The Bertz CT molecular complexity index is 1550. The van der Waals surface area contributed by atoms with Gasteiger partial charge >= 0.3 is 0 Å². The SMILES string of the molecule is CN(C)C/C=C/C(=O)Nc1ccc(C(=O)N[C@H]2CNC[C@@H](Nc3ncc(Cl)c(-c4c[nH]c5ccccc45)n3)C2)cc1. The number of fused-ring (bicyclic) bond motifs is 1. The fraction of sp³-hybridized carbons (Fsp3) is 0.267. The van der Waals surface area contributed by atoms with Gasteiger partial charge in [-0.25, -0.2) is 9.97 Å². The van der Waals surface area contributed by atoms with E-state index in [1.165, 1.54) is 6.08 Å². The Morgan fingerprint density at radius 1 is 1.10 bits per heavy atom. The van der Waals surface area contributed by atoms with Crippen molar-refractivity contribution in [3.8, 4) is 11.3 Å². The van der Waals surface area contributed by atoms with Crippen LogP contribution in [0, 0.1) is 0 Å². The number of para-hydroxylation sites is 1. The topological polar surface area (TPSA) is 127 Å². The molecule has 2 atom stereocenters. The summed E-state index contributed by atoms with van der Waals surface area (Å²) in [6.45, 7) is 2.04. The highest BCUT2D eigenvalue weighted by molar-refractivity contribution is 6.33. The maximum absolute atomic E-state index is 12.9. The molecule has 41 heavy (non-hydrogen) atoms. The fourth-order valence-corrected chi connectivity index (χ4v) is 4.96. The zero-order valence-electron chi connectivity index (χ0n) is 22.9. The summed E-state index contributed by atoms with van der Waals surface area (Å²) >= 11 is 6.48. The minimum atomic E-state index is -0.214. The number of rotatable bonds is 9. The van der Waals surface area contributed by atoms with E-state index in [1.807, 2.05) is 49.5 Å². The first kappa shape index (κ1) is 28.3. The molecule has 0 spiro atoms. The second-order valence-electron chi connectivity index (χ2n) is 10.3. The van der Waals surface area contributed by atoms with Crippen molar-refractivity contribution in [2.24, 2.45) is 0 Å². The van der Waals surface area contributed by atoms with Gasteiger partial charge in [0, 0.05) is 71.7 Å². The van der Waals surface area contributed by atoms with E-state index in [0.717, 1.165) is 16.5 Å². The molecular formula is C30H33ClN8O2. The van der Waals surface area contributed by atoms with Crippen LogP contribution in [0.4, 0.5) is 11.6 Å². The maximum Gasteiger partial charge on any atom is 0.251 e. The van der Waals surface area contributed by atoms with Gasteiger partial charge in [0.05, 0.1) is 16.9 Å². The van der Waals surface area contributed by atoms with Crippen molar-refractivity contribution in [2.45, 2.75) is 18.5 Å². The first-order valence-electron chi connectivity index (χ1n) is 13.4. The minimum absolute atomic E-state index is 0.00387. The Morgan fingerprint density at radius 2 is 1.88 bits per heavy atom. The number of anilines is 2. The highest BCUT2D eigenvalue weighted by Gasteiger charge is 2.24. The van der Waals surface area contributed by atoms with Crippen molar-refractivity contribution in [1.82, 2.24) is 30.5 Å². The monoisotopic (exact) mass is 572 g/mol. The quantitative estimate of drug-likeness (QED) is 0.192. The van der Waals surface area contributed by atoms with E-state index in [0.29, 0.717) is 54.0 Å². The summed E-state index contributed by atoms with van der Waals surface area (Å²) < 4.78 is 0. The van der Waals surface area contributed by atoms with Gasteiger partial charge in [0.2, 0.25) is 11.9 Å². The molecule has 10 nitrogen and oxygen atoms in total. The molecule has 4 aromatic rings. The second kappa shape index (κ2) is 12.9. The number of carbonyl (C=O) groups is 2. The molecule has 5 rings (SSSR count). The molecule has 11 heteroatoms. The van der Waals surface area contributed by atoms with Gasteiger partial charge in [-0.15, -0.1) is 0 Å². The maximum atomic E-state index is 12.9. The minimum Gasteiger partial charge on any atom is -0.360 e. The normalized spacial score (nSPS) is 17.2. The lowest BCUT2D eigenvalue weighted by molar-refractivity contribution is -0.111. The van der Waals surface area contributed by atoms with Gasteiger partial charge in [0.25, 0.3) is 5.91 Å². The number of hydrogen-bond donors (Lipinski definition) is 5. The zero-order chi connectivity index (χ0) is 28.8. The molecule has 1 fully saturated rings. The van der Waals surface area contributed by atoms with Crippen LogP contribution in [0.15, 0.2) is 73.1 Å². The van der Waals surface area contributed by atoms with E-state index in [9.17, 15) is 9.59 Å². The van der Waals surface area contributed by atoms with Crippen molar-refractivity contribution in [1.29, 1.82) is 0 Å². The molecular weight excluding hydrogens is 540 g/mol. The Balaban J connectivity index is 1.17. The van der Waals surface area contributed by atoms with Crippen molar-refractivity contribution < 1.29 is 9.59 Å². The molecule has 3 heterocycles. The van der Waals surface area contributed by atoms with Gasteiger partial charge in [-0.05, 0) is 50.8 Å². The van der Waals surface area contributed by atoms with E-state index >= 15 is 0 Å². The van der Waals surface area contributed by atoms with Crippen LogP contribution in [0.3, 0.4) is 0 Å². The second-order valence-corrected chi connectivity index (χ2v) is 10.7. The number of piperidine rings is 1. The van der Waals surface area contributed by atoms with Gasteiger partial charge in [-0.2, -0.15) is 0 Å². The van der Waals surface area contributed by atoms with Gasteiger partial charge in [0.1, 0.15) is 0 Å². The highest BCUT2D eigenvalue weighted by Crippen LogP contribution is 2.32. The zero-order valence-corrected chi connectivity index (χ0v) is 23.7. The summed E-state index contributed by atoms with van der Waals surface area (Å²) in [5.41, 5.74) is 3.72. The Kier molecular flexibility index (Phi) is 8.93. The van der Waals surface area contributed by atoms with Gasteiger partial charge in [-0.3, -0.25) is 9.59 Å². The molecule has 1 saturated heterocycles. The summed E-state index contributed by atoms with van der Waals surface area (Å²) in [5.74, 6) is 0.0855. The lowest BCUT2D eigenvalue weighted by atomic mass is 10.0. The number of aromatic amines is 1. The van der Waals surface area contributed by atoms with Crippen LogP contribution in [0.5, 0.6) is 0 Å². The molecule has 0 unspecified atom stereocenters. The van der Waals surface area contributed by atoms with Crippen LogP contribution in [0.1, 0.15) is 16.8 Å². The number of halogens is 1. The summed E-state index contributed by atoms with van der Waals surface area (Å²) in [6, 6.07) is 14.8. The number of hydrogen-bond acceptors (Lipinski definition) is 7. The molecule has 0 bridgehead atoms. The molecule has 2 aromatic carbocycles. The number of benzene rings is 2. The molecule has 212 valence electrons. The van der Waals surface area contributed by atoms with Gasteiger partial charge < -0.3 is 31.2 Å².